The molecule has 3 N–H and O–H groups in total. The molecule has 0 aromatic heterocycles. The molecule has 0 heterocycles. The average molecular weight is 220 g/mol. The Kier molecular flexibility index (Phi) is 4.97. The van der Waals surface area contributed by atoms with Crippen molar-refractivity contribution in [2.45, 2.75) is 33.7 Å². The first-order chi connectivity index (χ1) is 7.56. The largest absolute Gasteiger partial charge is 0.329 e. The van der Waals surface area contributed by atoms with Gasteiger partial charge in [0.2, 0.25) is 0 Å². The molecule has 0 aliphatic heterocycles. The quantitative estimate of drug-likeness (QED) is 0.800. The van der Waals surface area contributed by atoms with E-state index in [-0.39, 0.29) is 6.04 Å². The monoisotopic (exact) mass is 220 g/mol. The first-order valence-corrected chi connectivity index (χ1v) is 6.05. The molecule has 1 aromatic rings. The molecular weight excluding hydrogens is 196 g/mol. The second-order valence-electron chi connectivity index (χ2n) is 4.88. The predicted octanol–water partition coefficient (Wildman–Crippen LogP) is 2.55. The van der Waals surface area contributed by atoms with Crippen LogP contribution in [0.25, 0.3) is 0 Å². The number of hydrogen-bond donors (Lipinski definition) is 2. The lowest BCUT2D eigenvalue weighted by Crippen LogP contribution is -2.31. The summed E-state index contributed by atoms with van der Waals surface area (Å²) in [5, 5.41) is 3.53. The fourth-order valence-corrected chi connectivity index (χ4v) is 1.85. The molecule has 90 valence electrons. The minimum Gasteiger partial charge on any atom is -0.329 e. The van der Waals surface area contributed by atoms with Crippen molar-refractivity contribution >= 4 is 0 Å². The molecule has 1 aromatic carbocycles. The summed E-state index contributed by atoms with van der Waals surface area (Å²) in [6, 6.07) is 6.71. The highest BCUT2D eigenvalue weighted by Crippen LogP contribution is 2.19. The number of hydrogen-bond acceptors (Lipinski definition) is 2. The number of nitrogens with one attached hydrogen (secondary N) is 1. The van der Waals surface area contributed by atoms with Crippen molar-refractivity contribution in [3.8, 4) is 0 Å². The van der Waals surface area contributed by atoms with Crippen molar-refractivity contribution in [3.63, 3.8) is 0 Å². The molecule has 0 saturated heterocycles. The van der Waals surface area contributed by atoms with Crippen molar-refractivity contribution < 1.29 is 0 Å². The second-order valence-corrected chi connectivity index (χ2v) is 4.88. The van der Waals surface area contributed by atoms with E-state index in [1.54, 1.807) is 0 Å². The predicted molar refractivity (Wildman–Crippen MR) is 70.6 cm³/mol. The first kappa shape index (κ1) is 13.2. The fraction of sp³-hybridized carbons (Fsp3) is 0.571. The van der Waals surface area contributed by atoms with Gasteiger partial charge in [0.25, 0.3) is 0 Å². The van der Waals surface area contributed by atoms with E-state index in [4.69, 9.17) is 5.73 Å². The molecule has 16 heavy (non-hydrogen) atoms. The van der Waals surface area contributed by atoms with Gasteiger partial charge in [-0.15, -0.1) is 0 Å². The van der Waals surface area contributed by atoms with Crippen molar-refractivity contribution in [1.29, 1.82) is 0 Å². The molecule has 0 spiro atoms. The van der Waals surface area contributed by atoms with Gasteiger partial charge in [0.05, 0.1) is 0 Å². The van der Waals surface area contributed by atoms with Gasteiger partial charge in [-0.25, -0.2) is 0 Å². The van der Waals surface area contributed by atoms with Crippen LogP contribution in [-0.2, 0) is 0 Å². The fourth-order valence-electron chi connectivity index (χ4n) is 1.85. The van der Waals surface area contributed by atoms with Gasteiger partial charge in [0, 0.05) is 12.6 Å². The Morgan fingerprint density at radius 3 is 2.50 bits per heavy atom. The Balaban J connectivity index is 2.82. The smallest absolute Gasteiger partial charge is 0.0447 e. The van der Waals surface area contributed by atoms with E-state index in [1.165, 1.54) is 16.7 Å². The molecule has 0 amide bonds. The highest BCUT2D eigenvalue weighted by atomic mass is 14.9. The topological polar surface area (TPSA) is 38.0 Å². The average Bonchev–Trinajstić information content (AvgIpc) is 2.24. The van der Waals surface area contributed by atoms with Gasteiger partial charge in [-0.1, -0.05) is 32.0 Å². The van der Waals surface area contributed by atoms with Gasteiger partial charge >= 0.3 is 0 Å². The number of nitrogens with two attached hydrogens (primary N) is 1. The summed E-state index contributed by atoms with van der Waals surface area (Å²) in [5.74, 6) is 0.652. The van der Waals surface area contributed by atoms with Gasteiger partial charge in [0.1, 0.15) is 0 Å². The molecule has 0 aliphatic carbocycles. The Bertz CT molecular complexity index is 332. The lowest BCUT2D eigenvalue weighted by molar-refractivity contribution is 0.477. The third kappa shape index (κ3) is 3.32. The zero-order valence-corrected chi connectivity index (χ0v) is 10.9. The molecular formula is C14H24N2. The first-order valence-electron chi connectivity index (χ1n) is 6.05. The Hall–Kier alpha value is -0.860. The molecule has 0 bridgehead atoms. The van der Waals surface area contributed by atoms with Crippen molar-refractivity contribution in [2.24, 2.45) is 11.7 Å². The molecule has 2 nitrogen and oxygen atoms in total. The van der Waals surface area contributed by atoms with E-state index in [9.17, 15) is 0 Å². The molecule has 0 fully saturated rings. The molecule has 1 atom stereocenters. The normalized spacial score (nSPS) is 13.1. The highest BCUT2D eigenvalue weighted by Gasteiger charge is 2.12. The van der Waals surface area contributed by atoms with Crippen LogP contribution in [-0.4, -0.2) is 13.1 Å². The van der Waals surface area contributed by atoms with E-state index < -0.39 is 0 Å². The lowest BCUT2D eigenvalue weighted by Gasteiger charge is -2.21. The SMILES string of the molecule is Cc1cccc(C(CN)NCC(C)C)c1C. The van der Waals surface area contributed by atoms with Gasteiger partial charge in [0.15, 0.2) is 0 Å². The van der Waals surface area contributed by atoms with E-state index in [1.807, 2.05) is 0 Å². The van der Waals surface area contributed by atoms with Crippen molar-refractivity contribution in [1.82, 2.24) is 5.32 Å². The van der Waals surface area contributed by atoms with Gasteiger partial charge < -0.3 is 11.1 Å². The van der Waals surface area contributed by atoms with E-state index in [0.717, 1.165) is 6.54 Å². The van der Waals surface area contributed by atoms with Crippen LogP contribution >= 0.6 is 0 Å². The van der Waals surface area contributed by atoms with Gasteiger partial charge in [-0.2, -0.15) is 0 Å². The highest BCUT2D eigenvalue weighted by molar-refractivity contribution is 5.35. The Labute approximate surface area is 99.2 Å². The van der Waals surface area contributed by atoms with Crippen LogP contribution in [0.5, 0.6) is 0 Å². The Morgan fingerprint density at radius 1 is 1.25 bits per heavy atom. The number of aryl methyl sites for hydroxylation is 1. The van der Waals surface area contributed by atoms with Gasteiger partial charge in [-0.05, 0) is 43.0 Å². The second kappa shape index (κ2) is 6.02. The lowest BCUT2D eigenvalue weighted by atomic mass is 9.97. The molecule has 0 aliphatic rings. The summed E-state index contributed by atoms with van der Waals surface area (Å²) in [4.78, 5) is 0. The summed E-state index contributed by atoms with van der Waals surface area (Å²) in [6.07, 6.45) is 0. The van der Waals surface area contributed by atoms with Crippen LogP contribution in [0.15, 0.2) is 18.2 Å². The summed E-state index contributed by atoms with van der Waals surface area (Å²) < 4.78 is 0. The maximum Gasteiger partial charge on any atom is 0.0447 e. The van der Waals surface area contributed by atoms with E-state index >= 15 is 0 Å². The third-order valence-corrected chi connectivity index (χ3v) is 3.03. The standard InChI is InChI=1S/C14H24N2/c1-10(2)9-16-14(8-15)13-7-5-6-11(3)12(13)4/h5-7,10,14,16H,8-9,15H2,1-4H3. The van der Waals surface area contributed by atoms with Crippen LogP contribution < -0.4 is 11.1 Å². The molecule has 1 rings (SSSR count). The zero-order chi connectivity index (χ0) is 12.1. The Morgan fingerprint density at radius 2 is 1.94 bits per heavy atom. The van der Waals surface area contributed by atoms with Crippen molar-refractivity contribution in [3.05, 3.63) is 34.9 Å². The maximum absolute atomic E-state index is 5.85. The van der Waals surface area contributed by atoms with Crippen molar-refractivity contribution in [2.75, 3.05) is 13.1 Å². The van der Waals surface area contributed by atoms with E-state index in [0.29, 0.717) is 12.5 Å². The minimum atomic E-state index is 0.280. The summed E-state index contributed by atoms with van der Waals surface area (Å²) in [6.45, 7) is 10.4. The minimum absolute atomic E-state index is 0.280. The van der Waals surface area contributed by atoms with Crippen LogP contribution in [0.3, 0.4) is 0 Å². The van der Waals surface area contributed by atoms with Crippen LogP contribution in [0.1, 0.15) is 36.6 Å². The summed E-state index contributed by atoms with van der Waals surface area (Å²) >= 11 is 0. The molecule has 0 radical (unpaired) electrons. The van der Waals surface area contributed by atoms with Crippen LogP contribution in [0.4, 0.5) is 0 Å². The van der Waals surface area contributed by atoms with Gasteiger partial charge in [-0.3, -0.25) is 0 Å². The third-order valence-electron chi connectivity index (χ3n) is 3.03. The summed E-state index contributed by atoms with van der Waals surface area (Å²) in [7, 11) is 0. The van der Waals surface area contributed by atoms with Crippen LogP contribution in [0, 0.1) is 19.8 Å². The van der Waals surface area contributed by atoms with Crippen LogP contribution in [0.2, 0.25) is 0 Å². The molecule has 1 unspecified atom stereocenters. The number of benzene rings is 1. The summed E-state index contributed by atoms with van der Waals surface area (Å²) in [5.41, 5.74) is 9.87. The molecule has 2 heteroatoms. The zero-order valence-electron chi connectivity index (χ0n) is 10.9. The maximum atomic E-state index is 5.85. The number of rotatable bonds is 5. The molecule has 0 saturated carbocycles. The van der Waals surface area contributed by atoms with E-state index in [2.05, 4.69) is 51.2 Å².